The van der Waals surface area contributed by atoms with Crippen LogP contribution in [0.1, 0.15) is 41.9 Å². The van der Waals surface area contributed by atoms with Crippen molar-refractivity contribution in [3.63, 3.8) is 0 Å². The molecule has 1 aliphatic carbocycles. The van der Waals surface area contributed by atoms with Gasteiger partial charge in [-0.05, 0) is 0 Å². The molecular formula is C18H29Cl2NO2Zr. The van der Waals surface area contributed by atoms with Gasteiger partial charge >= 0.3 is 148 Å². The Balaban J connectivity index is 2.70. The summed E-state index contributed by atoms with van der Waals surface area (Å²) in [5.41, 5.74) is 1.68. The molecule has 1 aromatic rings. The molecule has 2 N–H and O–H groups in total. The van der Waals surface area contributed by atoms with E-state index in [4.69, 9.17) is 19.8 Å². The maximum atomic E-state index is 9.17. The third-order valence-electron chi connectivity index (χ3n) is 4.57. The van der Waals surface area contributed by atoms with Gasteiger partial charge in [0.25, 0.3) is 0 Å². The molecule has 0 fully saturated rings. The van der Waals surface area contributed by atoms with E-state index in [1.54, 1.807) is 4.63 Å². The van der Waals surface area contributed by atoms with E-state index >= 15 is 0 Å². The summed E-state index contributed by atoms with van der Waals surface area (Å²) in [6.07, 6.45) is 4.46. The Labute approximate surface area is 147 Å². The number of aliphatic hydroxyl groups is 1. The Morgan fingerprint density at radius 3 is 2.50 bits per heavy atom. The number of fused-ring (bicyclic) bond motifs is 1. The molecule has 3 nitrogen and oxygen atoms in total. The van der Waals surface area contributed by atoms with Crippen LogP contribution in [-0.4, -0.2) is 28.1 Å². The van der Waals surface area contributed by atoms with Crippen LogP contribution in [0.5, 0.6) is 0 Å². The standard InChI is InChI=1S/C9H7.C4H10N.C3H7O2.CH3.CH2.2ClH.Zr/c1-2-5-9-7-3-6-8(9)4-1;1-4(2,3)5;4-2-1-3-5;;;;;/h1-7H;5H,1-3H3;4H,1-3H2;1H3;1H2;2*1H;/q;2*-1;;;;;+4/p-2. The summed E-state index contributed by atoms with van der Waals surface area (Å²) in [6.45, 7) is 6.24. The van der Waals surface area contributed by atoms with Crippen LogP contribution < -0.4 is 3.26 Å². The van der Waals surface area contributed by atoms with Gasteiger partial charge in [-0.25, -0.2) is 0 Å². The Morgan fingerprint density at radius 1 is 1.29 bits per heavy atom. The van der Waals surface area contributed by atoms with Gasteiger partial charge in [0.2, 0.25) is 0 Å². The van der Waals surface area contributed by atoms with Gasteiger partial charge in [-0.1, -0.05) is 0 Å². The summed E-state index contributed by atoms with van der Waals surface area (Å²) < 4.78 is 15.7. The van der Waals surface area contributed by atoms with E-state index in [2.05, 4.69) is 7.47 Å². The number of halogens is 2. The second kappa shape index (κ2) is 5.12. The zero-order chi connectivity index (χ0) is 18.4. The summed E-state index contributed by atoms with van der Waals surface area (Å²) in [4.78, 5) is 0. The molecule has 2 rings (SSSR count). The van der Waals surface area contributed by atoms with Gasteiger partial charge in [-0.2, -0.15) is 0 Å². The van der Waals surface area contributed by atoms with Crippen molar-refractivity contribution in [1.29, 1.82) is 0 Å². The first kappa shape index (κ1) is 20.5. The van der Waals surface area contributed by atoms with E-state index in [0.717, 1.165) is 11.1 Å². The number of aliphatic hydroxyl groups excluding tert-OH is 1. The number of hydrogen-bond donors (Lipinski definition) is 2. The van der Waals surface area contributed by atoms with Gasteiger partial charge in [0.05, 0.1) is 0 Å². The van der Waals surface area contributed by atoms with E-state index in [1.165, 1.54) is 0 Å². The normalized spacial score (nSPS) is 22.3. The first-order chi connectivity index (χ1) is 10.6. The molecule has 0 heterocycles. The third-order valence-corrected chi connectivity index (χ3v) is 23.1. The molecule has 0 saturated heterocycles. The number of benzene rings is 1. The molecule has 136 valence electrons. The van der Waals surface area contributed by atoms with Crippen molar-refractivity contribution in [3.05, 3.63) is 41.5 Å². The van der Waals surface area contributed by atoms with Crippen molar-refractivity contribution >= 4 is 27.3 Å². The van der Waals surface area contributed by atoms with Crippen LogP contribution >= 0.6 is 17.0 Å². The zero-order valence-electron chi connectivity index (χ0n) is 15.0. The van der Waals surface area contributed by atoms with Gasteiger partial charge < -0.3 is 0 Å². The van der Waals surface area contributed by atoms with Crippen LogP contribution in [0, 0.1) is 0 Å². The Hall–Kier alpha value is 0.173. The van der Waals surface area contributed by atoms with Crippen LogP contribution in [0.15, 0.2) is 30.3 Å². The fourth-order valence-corrected chi connectivity index (χ4v) is 25.2. The predicted molar refractivity (Wildman–Crippen MR) is 103 cm³/mol. The first-order valence-electron chi connectivity index (χ1n) is 8.40. The van der Waals surface area contributed by atoms with Crippen LogP contribution in [0.3, 0.4) is 0 Å². The number of hydrogen-bond acceptors (Lipinski definition) is 3. The van der Waals surface area contributed by atoms with Gasteiger partial charge in [0.15, 0.2) is 0 Å². The topological polar surface area (TPSA) is 41.5 Å². The van der Waals surface area contributed by atoms with E-state index in [9.17, 15) is 5.11 Å². The van der Waals surface area contributed by atoms with Crippen molar-refractivity contribution < 1.29 is 21.6 Å². The quantitative estimate of drug-likeness (QED) is 0.601. The number of allylic oxidation sites excluding steroid dienone is 1. The Morgan fingerprint density at radius 2 is 1.92 bits per heavy atom. The zero-order valence-corrected chi connectivity index (χ0v) is 19.0. The summed E-state index contributed by atoms with van der Waals surface area (Å²) in [5, 5.41) is 9.17. The van der Waals surface area contributed by atoms with Gasteiger partial charge in [-0.15, -0.1) is 0 Å². The molecule has 1 unspecified atom stereocenters. The average Bonchev–Trinajstić information content (AvgIpc) is 2.80. The van der Waals surface area contributed by atoms with Crippen molar-refractivity contribution in [1.82, 2.24) is 3.26 Å². The fraction of sp³-hybridized carbons (Fsp3) is 0.500. The summed E-state index contributed by atoms with van der Waals surface area (Å²) in [5.74, 6) is 0. The fourth-order valence-electron chi connectivity index (χ4n) is 4.09. The number of rotatable bonds is 6. The first-order valence-corrected chi connectivity index (χ1v) is 22.6. The molecule has 24 heavy (non-hydrogen) atoms. The van der Waals surface area contributed by atoms with Crippen molar-refractivity contribution in [3.8, 4) is 0 Å². The van der Waals surface area contributed by atoms with E-state index in [1.807, 2.05) is 57.2 Å². The summed E-state index contributed by atoms with van der Waals surface area (Å²) in [6, 6.07) is 8.00. The summed E-state index contributed by atoms with van der Waals surface area (Å²) in [7, 11) is 14.9. The van der Waals surface area contributed by atoms with Crippen molar-refractivity contribution in [2.75, 3.05) is 13.2 Å². The van der Waals surface area contributed by atoms with Crippen LogP contribution in [0.4, 0.5) is 0 Å². The molecule has 0 amide bonds. The summed E-state index contributed by atoms with van der Waals surface area (Å²) >= 11 is -6.22. The van der Waals surface area contributed by atoms with E-state index in [0.29, 0.717) is 6.42 Å². The predicted octanol–water partition coefficient (Wildman–Crippen LogP) is 4.92. The van der Waals surface area contributed by atoms with Gasteiger partial charge in [-0.3, -0.25) is 0 Å². The van der Waals surface area contributed by atoms with Gasteiger partial charge in [0.1, 0.15) is 0 Å². The van der Waals surface area contributed by atoms with E-state index in [-0.39, 0.29) is 16.8 Å². The molecule has 0 saturated carbocycles. The minimum atomic E-state index is -6.22. The molecule has 1 aromatic carbocycles. The molecular weight excluding hydrogens is 424 g/mol. The molecule has 0 spiro atoms. The van der Waals surface area contributed by atoms with Crippen LogP contribution in [0.2, 0.25) is 4.63 Å². The Kier molecular flexibility index (Phi) is 4.37. The number of nitrogens with one attached hydrogen (secondary N) is 1. The molecule has 1 atom stereocenters. The molecule has 0 aliphatic heterocycles. The second-order valence-electron chi connectivity index (χ2n) is 9.03. The molecule has 1 aliphatic rings. The molecule has 6 heteroatoms. The molecule has 0 aromatic heterocycles. The average molecular weight is 454 g/mol. The third kappa shape index (κ3) is 3.95. The molecule has 0 bridgehead atoms. The monoisotopic (exact) mass is 451 g/mol. The Bertz CT molecular complexity index is 800. The van der Waals surface area contributed by atoms with Gasteiger partial charge in [0, 0.05) is 0 Å². The van der Waals surface area contributed by atoms with Crippen molar-refractivity contribution in [2.24, 2.45) is 0 Å². The van der Waals surface area contributed by atoms with Crippen LogP contribution in [-0.2, 0) is 16.5 Å². The SMILES string of the molecule is [CH2]=[Zr]([CH3])([Cl])([Cl])([NH]C(C)(C)C)([O]CCCO)[CH]1C=Cc2ccccc21. The van der Waals surface area contributed by atoms with Crippen LogP contribution in [0.25, 0.3) is 6.08 Å². The molecule has 0 radical (unpaired) electrons. The maximum absolute atomic E-state index is 9.17. The second-order valence-corrected chi connectivity index (χ2v) is 45.6. The minimum absolute atomic E-state index is 0.00935. The van der Waals surface area contributed by atoms with Crippen molar-refractivity contribution in [2.45, 2.75) is 41.0 Å². The van der Waals surface area contributed by atoms with E-state index < -0.39 is 19.2 Å².